The molecule has 0 aliphatic heterocycles. The third-order valence-corrected chi connectivity index (χ3v) is 6.14. The zero-order valence-corrected chi connectivity index (χ0v) is 18.8. The molecule has 0 atom stereocenters. The van der Waals surface area contributed by atoms with E-state index in [0.29, 0.717) is 34.0 Å². The number of benzene rings is 1. The number of aromatic nitrogens is 7. The van der Waals surface area contributed by atoms with E-state index < -0.39 is 5.82 Å². The van der Waals surface area contributed by atoms with Crippen molar-refractivity contribution in [3.8, 4) is 23.0 Å². The van der Waals surface area contributed by atoms with E-state index in [4.69, 9.17) is 0 Å². The summed E-state index contributed by atoms with van der Waals surface area (Å²) in [5.74, 6) is 1.09. The first kappa shape index (κ1) is 20.5. The average Bonchev–Trinajstić information content (AvgIpc) is 3.35. The quantitative estimate of drug-likeness (QED) is 0.392. The lowest BCUT2D eigenvalue weighted by Gasteiger charge is -2.12. The van der Waals surface area contributed by atoms with Gasteiger partial charge in [0, 0.05) is 35.9 Å². The molecule has 4 aromatic heterocycles. The maximum Gasteiger partial charge on any atom is 0.280 e. The molecule has 1 aliphatic rings. The lowest BCUT2D eigenvalue weighted by atomic mass is 10.1. The second kappa shape index (κ2) is 7.72. The molecule has 1 saturated carbocycles. The minimum atomic E-state index is -0.438. The largest absolute Gasteiger partial charge is 0.327 e. The van der Waals surface area contributed by atoms with Gasteiger partial charge in [-0.05, 0) is 51.0 Å². The summed E-state index contributed by atoms with van der Waals surface area (Å²) in [5.41, 5.74) is 1.49. The van der Waals surface area contributed by atoms with Crippen molar-refractivity contribution in [1.82, 2.24) is 33.9 Å². The molecule has 34 heavy (non-hydrogen) atoms. The smallest absolute Gasteiger partial charge is 0.280 e. The van der Waals surface area contributed by atoms with Crippen molar-refractivity contribution < 1.29 is 4.39 Å². The molecular weight excluding hydrogens is 433 g/mol. The standard InChI is InChI=1S/C25H22FN7O/c1-15(2)32-9-8-27-24(32)20-4-3-5-23(30-20)33-25(34)18-11-22(19(26)10-17(18)12-29-33)31-13-21(28-14-31)16-6-7-16/h3-5,8-16H,6-7H2,1-2H3. The fourth-order valence-corrected chi connectivity index (χ4v) is 4.17. The molecule has 4 heterocycles. The van der Waals surface area contributed by atoms with Crippen LogP contribution in [0.1, 0.15) is 44.3 Å². The maximum absolute atomic E-state index is 14.9. The van der Waals surface area contributed by atoms with Crippen molar-refractivity contribution in [2.75, 3.05) is 0 Å². The zero-order chi connectivity index (χ0) is 23.4. The van der Waals surface area contributed by atoms with Gasteiger partial charge in [0.15, 0.2) is 11.6 Å². The topological polar surface area (TPSA) is 83.4 Å². The van der Waals surface area contributed by atoms with Crippen molar-refractivity contribution in [2.45, 2.75) is 38.6 Å². The number of pyridine rings is 1. The number of imidazole rings is 2. The summed E-state index contributed by atoms with van der Waals surface area (Å²) in [6.07, 6.45) is 10.8. The van der Waals surface area contributed by atoms with Gasteiger partial charge in [-0.25, -0.2) is 19.3 Å². The fraction of sp³-hybridized carbons (Fsp3) is 0.240. The minimum absolute atomic E-state index is 0.210. The predicted molar refractivity (Wildman–Crippen MR) is 126 cm³/mol. The fourth-order valence-electron chi connectivity index (χ4n) is 4.17. The Morgan fingerprint density at radius 3 is 2.79 bits per heavy atom. The Morgan fingerprint density at radius 1 is 1.15 bits per heavy atom. The monoisotopic (exact) mass is 455 g/mol. The number of rotatable bonds is 5. The van der Waals surface area contributed by atoms with Crippen LogP contribution in [0.25, 0.3) is 33.8 Å². The van der Waals surface area contributed by atoms with E-state index in [9.17, 15) is 9.18 Å². The highest BCUT2D eigenvalue weighted by atomic mass is 19.1. The summed E-state index contributed by atoms with van der Waals surface area (Å²) in [4.78, 5) is 26.9. The van der Waals surface area contributed by atoms with E-state index in [0.717, 1.165) is 18.5 Å². The van der Waals surface area contributed by atoms with Crippen LogP contribution in [0, 0.1) is 5.82 Å². The summed E-state index contributed by atoms with van der Waals surface area (Å²) in [6, 6.07) is 8.48. The average molecular weight is 455 g/mol. The molecule has 0 spiro atoms. The molecule has 0 N–H and O–H groups in total. The van der Waals surface area contributed by atoms with E-state index in [1.807, 2.05) is 29.1 Å². The summed E-state index contributed by atoms with van der Waals surface area (Å²) in [7, 11) is 0. The molecule has 0 saturated heterocycles. The maximum atomic E-state index is 14.9. The SMILES string of the molecule is CC(C)n1ccnc1-c1cccc(-n2ncc3cc(F)c(-n4cnc(C5CC5)c4)cc3c2=O)n1. The Kier molecular flexibility index (Phi) is 4.65. The molecule has 1 aromatic carbocycles. The van der Waals surface area contributed by atoms with Crippen LogP contribution < -0.4 is 5.56 Å². The van der Waals surface area contributed by atoms with Gasteiger partial charge in [0.1, 0.15) is 11.5 Å². The normalized spacial score (nSPS) is 13.8. The summed E-state index contributed by atoms with van der Waals surface area (Å²) in [6.45, 7) is 4.13. The van der Waals surface area contributed by atoms with Gasteiger partial charge in [-0.2, -0.15) is 9.78 Å². The number of halogens is 1. The Labute approximate surface area is 194 Å². The first-order chi connectivity index (χ1) is 16.5. The first-order valence-corrected chi connectivity index (χ1v) is 11.3. The van der Waals surface area contributed by atoms with Crippen molar-refractivity contribution >= 4 is 10.8 Å². The Hall–Kier alpha value is -4.14. The van der Waals surface area contributed by atoms with Crippen LogP contribution in [0.15, 0.2) is 66.2 Å². The van der Waals surface area contributed by atoms with Gasteiger partial charge < -0.3 is 9.13 Å². The zero-order valence-electron chi connectivity index (χ0n) is 18.8. The Bertz CT molecular complexity index is 1590. The third kappa shape index (κ3) is 3.40. The third-order valence-electron chi connectivity index (χ3n) is 6.14. The molecule has 9 heteroatoms. The predicted octanol–water partition coefficient (Wildman–Crippen LogP) is 4.43. The van der Waals surface area contributed by atoms with Crippen LogP contribution in [-0.2, 0) is 0 Å². The van der Waals surface area contributed by atoms with Gasteiger partial charge in [0.25, 0.3) is 5.56 Å². The lowest BCUT2D eigenvalue weighted by molar-refractivity contribution is 0.605. The number of hydrogen-bond acceptors (Lipinski definition) is 5. The molecule has 8 nitrogen and oxygen atoms in total. The molecule has 170 valence electrons. The van der Waals surface area contributed by atoms with E-state index in [-0.39, 0.29) is 17.3 Å². The molecular formula is C25H22FN7O. The van der Waals surface area contributed by atoms with Gasteiger partial charge in [-0.3, -0.25) is 4.79 Å². The molecule has 1 fully saturated rings. The first-order valence-electron chi connectivity index (χ1n) is 11.3. The van der Waals surface area contributed by atoms with E-state index >= 15 is 0 Å². The molecule has 0 unspecified atom stereocenters. The van der Waals surface area contributed by atoms with Gasteiger partial charge in [0.2, 0.25) is 0 Å². The second-order valence-corrected chi connectivity index (χ2v) is 8.87. The van der Waals surface area contributed by atoms with Crippen LogP contribution in [-0.4, -0.2) is 33.9 Å². The Morgan fingerprint density at radius 2 is 2.00 bits per heavy atom. The number of nitrogens with zero attached hydrogens (tertiary/aromatic N) is 7. The molecule has 5 aromatic rings. The molecule has 6 rings (SSSR count). The number of fused-ring (bicyclic) bond motifs is 1. The van der Waals surface area contributed by atoms with Crippen molar-refractivity contribution in [1.29, 1.82) is 0 Å². The van der Waals surface area contributed by atoms with E-state index in [1.54, 1.807) is 29.2 Å². The second-order valence-electron chi connectivity index (χ2n) is 8.87. The molecule has 0 radical (unpaired) electrons. The lowest BCUT2D eigenvalue weighted by Crippen LogP contribution is -2.22. The van der Waals surface area contributed by atoms with Crippen molar-refractivity contribution in [3.05, 3.63) is 83.3 Å². The van der Waals surface area contributed by atoms with Gasteiger partial charge in [-0.1, -0.05) is 6.07 Å². The summed E-state index contributed by atoms with van der Waals surface area (Å²) >= 11 is 0. The van der Waals surface area contributed by atoms with Crippen LogP contribution in [0.2, 0.25) is 0 Å². The van der Waals surface area contributed by atoms with Crippen molar-refractivity contribution in [3.63, 3.8) is 0 Å². The van der Waals surface area contributed by atoms with Gasteiger partial charge in [0.05, 0.1) is 29.3 Å². The van der Waals surface area contributed by atoms with Crippen LogP contribution in [0.3, 0.4) is 0 Å². The van der Waals surface area contributed by atoms with E-state index in [1.165, 1.54) is 16.9 Å². The van der Waals surface area contributed by atoms with Crippen LogP contribution in [0.4, 0.5) is 4.39 Å². The molecule has 1 aliphatic carbocycles. The molecule has 0 amide bonds. The molecule has 0 bridgehead atoms. The van der Waals surface area contributed by atoms with Crippen LogP contribution in [0.5, 0.6) is 0 Å². The minimum Gasteiger partial charge on any atom is -0.327 e. The highest BCUT2D eigenvalue weighted by Gasteiger charge is 2.26. The Balaban J connectivity index is 1.45. The number of hydrogen-bond donors (Lipinski definition) is 0. The summed E-state index contributed by atoms with van der Waals surface area (Å²) < 4.78 is 19.8. The summed E-state index contributed by atoms with van der Waals surface area (Å²) in [5, 5.41) is 5.04. The highest BCUT2D eigenvalue weighted by molar-refractivity contribution is 5.83. The highest BCUT2D eigenvalue weighted by Crippen LogP contribution is 2.39. The van der Waals surface area contributed by atoms with Gasteiger partial charge in [-0.15, -0.1) is 0 Å². The van der Waals surface area contributed by atoms with Crippen molar-refractivity contribution in [2.24, 2.45) is 0 Å². The van der Waals surface area contributed by atoms with E-state index in [2.05, 4.69) is 33.9 Å². The van der Waals surface area contributed by atoms with Crippen LogP contribution >= 0.6 is 0 Å². The van der Waals surface area contributed by atoms with Gasteiger partial charge >= 0.3 is 0 Å².